The van der Waals surface area contributed by atoms with Crippen LogP contribution in [0.3, 0.4) is 0 Å². The Morgan fingerprint density at radius 2 is 1.82 bits per heavy atom. The normalized spacial score (nSPS) is 14.4. The van der Waals surface area contributed by atoms with Crippen LogP contribution in [-0.4, -0.2) is 51.0 Å². The van der Waals surface area contributed by atoms with E-state index in [9.17, 15) is 9.90 Å². The lowest BCUT2D eigenvalue weighted by Gasteiger charge is -2.30. The zero-order valence-electron chi connectivity index (χ0n) is 18.7. The lowest BCUT2D eigenvalue weighted by Crippen LogP contribution is -2.42. The molecule has 1 atom stereocenters. The monoisotopic (exact) mass is 451 g/mol. The zero-order valence-corrected chi connectivity index (χ0v) is 18.7. The number of amides is 1. The summed E-state index contributed by atoms with van der Waals surface area (Å²) in [7, 11) is 0. The van der Waals surface area contributed by atoms with Gasteiger partial charge in [0.05, 0.1) is 12.7 Å². The lowest BCUT2D eigenvalue weighted by molar-refractivity contribution is 0.0838. The van der Waals surface area contributed by atoms with Gasteiger partial charge in [0, 0.05) is 38.6 Å². The highest BCUT2D eigenvalue weighted by Gasteiger charge is 2.19. The van der Waals surface area contributed by atoms with Gasteiger partial charge in [-0.1, -0.05) is 48.5 Å². The maximum atomic E-state index is 12.7. The van der Waals surface area contributed by atoms with Gasteiger partial charge in [-0.15, -0.1) is 0 Å². The van der Waals surface area contributed by atoms with Gasteiger partial charge in [-0.05, 0) is 40.8 Å². The third-order valence-electron chi connectivity index (χ3n) is 6.19. The SMILES string of the molecule is [C-]#[N+]c1ccc(-c2ccc3nc(C(=O)NC[C@H](O)CN4CCc5ccccc5C4)cn3c2)cc1. The molecule has 0 spiro atoms. The molecule has 3 heterocycles. The van der Waals surface area contributed by atoms with Crippen LogP contribution in [0.5, 0.6) is 0 Å². The zero-order chi connectivity index (χ0) is 23.5. The largest absolute Gasteiger partial charge is 0.390 e. The van der Waals surface area contributed by atoms with Gasteiger partial charge in [0.25, 0.3) is 5.91 Å². The van der Waals surface area contributed by atoms with Gasteiger partial charge in [0.15, 0.2) is 5.69 Å². The molecule has 7 nitrogen and oxygen atoms in total. The molecular weight excluding hydrogens is 426 g/mol. The van der Waals surface area contributed by atoms with Crippen LogP contribution in [0.15, 0.2) is 73.1 Å². The third-order valence-corrected chi connectivity index (χ3v) is 6.19. The average Bonchev–Trinajstić information content (AvgIpc) is 3.31. The average molecular weight is 452 g/mol. The van der Waals surface area contributed by atoms with Gasteiger partial charge in [-0.2, -0.15) is 0 Å². The summed E-state index contributed by atoms with van der Waals surface area (Å²) in [5, 5.41) is 13.3. The van der Waals surface area contributed by atoms with Crippen molar-refractivity contribution in [2.75, 3.05) is 19.6 Å². The molecule has 1 amide bonds. The Hall–Kier alpha value is -3.99. The molecule has 0 unspecified atom stereocenters. The van der Waals surface area contributed by atoms with E-state index in [4.69, 9.17) is 6.57 Å². The number of hydrogen-bond donors (Lipinski definition) is 2. The Morgan fingerprint density at radius 3 is 2.62 bits per heavy atom. The second-order valence-corrected chi connectivity index (χ2v) is 8.59. The van der Waals surface area contributed by atoms with E-state index >= 15 is 0 Å². The fourth-order valence-corrected chi connectivity index (χ4v) is 4.37. The predicted octanol–water partition coefficient (Wildman–Crippen LogP) is 3.70. The van der Waals surface area contributed by atoms with Crippen molar-refractivity contribution in [1.29, 1.82) is 0 Å². The van der Waals surface area contributed by atoms with E-state index in [1.54, 1.807) is 18.3 Å². The standard InChI is InChI=1S/C27H25N5O2/c1-28-23-9-6-20(7-10-23)22-8-11-26-30-25(18-32(26)16-22)27(34)29-14-24(33)17-31-13-12-19-4-2-3-5-21(19)15-31/h2-11,16,18,24,33H,12-15,17H2,(H,29,34)/t24-/m0/s1. The highest BCUT2D eigenvalue weighted by molar-refractivity contribution is 5.93. The number of fused-ring (bicyclic) bond motifs is 2. The highest BCUT2D eigenvalue weighted by Crippen LogP contribution is 2.23. The number of nitrogens with one attached hydrogen (secondary N) is 1. The summed E-state index contributed by atoms with van der Waals surface area (Å²) in [5.74, 6) is -0.310. The summed E-state index contributed by atoms with van der Waals surface area (Å²) in [5.41, 5.74) is 6.19. The summed E-state index contributed by atoms with van der Waals surface area (Å²) in [6.07, 6.45) is 3.92. The number of imidazole rings is 1. The van der Waals surface area contributed by atoms with Crippen molar-refractivity contribution in [3.05, 3.63) is 101 Å². The number of carbonyl (C=O) groups is 1. The number of aliphatic hydroxyl groups is 1. The molecule has 2 N–H and O–H groups in total. The van der Waals surface area contributed by atoms with Crippen molar-refractivity contribution in [3.8, 4) is 11.1 Å². The molecule has 0 bridgehead atoms. The van der Waals surface area contributed by atoms with Crippen LogP contribution in [-0.2, 0) is 13.0 Å². The third kappa shape index (κ3) is 4.69. The number of nitrogens with zero attached hydrogens (tertiary/aromatic N) is 4. The number of carbonyl (C=O) groups excluding carboxylic acids is 1. The molecule has 34 heavy (non-hydrogen) atoms. The van der Waals surface area contributed by atoms with Crippen molar-refractivity contribution < 1.29 is 9.90 Å². The van der Waals surface area contributed by atoms with Crippen molar-refractivity contribution in [1.82, 2.24) is 19.6 Å². The van der Waals surface area contributed by atoms with Gasteiger partial charge in [0.1, 0.15) is 11.3 Å². The molecule has 7 heteroatoms. The molecule has 0 aliphatic carbocycles. The smallest absolute Gasteiger partial charge is 0.271 e. The fourth-order valence-electron chi connectivity index (χ4n) is 4.37. The number of pyridine rings is 1. The van der Waals surface area contributed by atoms with E-state index in [0.717, 1.165) is 30.6 Å². The molecule has 2 aromatic heterocycles. The summed E-state index contributed by atoms with van der Waals surface area (Å²) >= 11 is 0. The van der Waals surface area contributed by atoms with Gasteiger partial charge in [0.2, 0.25) is 0 Å². The van der Waals surface area contributed by atoms with E-state index in [1.165, 1.54) is 11.1 Å². The Morgan fingerprint density at radius 1 is 1.06 bits per heavy atom. The van der Waals surface area contributed by atoms with E-state index in [0.29, 0.717) is 23.6 Å². The maximum Gasteiger partial charge on any atom is 0.271 e. The van der Waals surface area contributed by atoms with E-state index in [1.807, 2.05) is 40.9 Å². The summed E-state index contributed by atoms with van der Waals surface area (Å²) in [6.45, 7) is 9.47. The first kappa shape index (κ1) is 21.8. The molecule has 1 aliphatic rings. The van der Waals surface area contributed by atoms with Crippen LogP contribution >= 0.6 is 0 Å². The second kappa shape index (κ2) is 9.48. The lowest BCUT2D eigenvalue weighted by atomic mass is 10.00. The van der Waals surface area contributed by atoms with E-state index < -0.39 is 6.10 Å². The summed E-state index contributed by atoms with van der Waals surface area (Å²) in [6, 6.07) is 19.6. The molecule has 4 aromatic rings. The molecular formula is C27H25N5O2. The number of rotatable bonds is 6. The summed E-state index contributed by atoms with van der Waals surface area (Å²) in [4.78, 5) is 22.7. The summed E-state index contributed by atoms with van der Waals surface area (Å²) < 4.78 is 1.81. The van der Waals surface area contributed by atoms with Crippen LogP contribution in [0.25, 0.3) is 21.6 Å². The number of β-amino-alcohol motifs (C(OH)–C–C–N with tert-alkyl or cyclic N) is 1. The van der Waals surface area contributed by atoms with Gasteiger partial charge < -0.3 is 14.8 Å². The highest BCUT2D eigenvalue weighted by atomic mass is 16.3. The number of aliphatic hydroxyl groups excluding tert-OH is 1. The topological polar surface area (TPSA) is 74.2 Å². The van der Waals surface area contributed by atoms with Gasteiger partial charge in [-0.3, -0.25) is 9.69 Å². The fraction of sp³-hybridized carbons (Fsp3) is 0.222. The molecule has 170 valence electrons. The molecule has 2 aromatic carbocycles. The first-order chi connectivity index (χ1) is 16.6. The first-order valence-corrected chi connectivity index (χ1v) is 11.3. The molecule has 0 fully saturated rings. The van der Waals surface area contributed by atoms with Crippen LogP contribution in [0.2, 0.25) is 0 Å². The van der Waals surface area contributed by atoms with Crippen LogP contribution < -0.4 is 5.32 Å². The molecule has 1 aliphatic heterocycles. The molecule has 0 saturated carbocycles. The van der Waals surface area contributed by atoms with Crippen molar-refractivity contribution in [3.63, 3.8) is 0 Å². The minimum atomic E-state index is -0.656. The molecule has 0 saturated heterocycles. The second-order valence-electron chi connectivity index (χ2n) is 8.59. The quantitative estimate of drug-likeness (QED) is 0.439. The number of hydrogen-bond acceptors (Lipinski definition) is 4. The van der Waals surface area contributed by atoms with Crippen LogP contribution in [0, 0.1) is 6.57 Å². The van der Waals surface area contributed by atoms with Crippen LogP contribution in [0.1, 0.15) is 21.6 Å². The van der Waals surface area contributed by atoms with Crippen molar-refractivity contribution in [2.45, 2.75) is 19.1 Å². The Balaban J connectivity index is 1.19. The van der Waals surface area contributed by atoms with Gasteiger partial charge in [-0.25, -0.2) is 9.83 Å². The minimum absolute atomic E-state index is 0.170. The Labute approximate surface area is 198 Å². The molecule has 0 radical (unpaired) electrons. The van der Waals surface area contributed by atoms with E-state index in [-0.39, 0.29) is 12.5 Å². The Bertz CT molecular complexity index is 1370. The van der Waals surface area contributed by atoms with E-state index in [2.05, 4.69) is 38.2 Å². The number of aromatic nitrogens is 2. The minimum Gasteiger partial charge on any atom is -0.390 e. The van der Waals surface area contributed by atoms with Crippen molar-refractivity contribution in [2.24, 2.45) is 0 Å². The van der Waals surface area contributed by atoms with Crippen molar-refractivity contribution >= 4 is 17.2 Å². The number of benzene rings is 2. The first-order valence-electron chi connectivity index (χ1n) is 11.3. The van der Waals surface area contributed by atoms with Gasteiger partial charge >= 0.3 is 0 Å². The van der Waals surface area contributed by atoms with Crippen LogP contribution in [0.4, 0.5) is 5.69 Å². The molecule has 5 rings (SSSR count). The maximum absolute atomic E-state index is 12.7. The Kier molecular flexibility index (Phi) is 6.09. The predicted molar refractivity (Wildman–Crippen MR) is 131 cm³/mol.